The van der Waals surface area contributed by atoms with Gasteiger partial charge in [-0.1, -0.05) is 30.3 Å². The smallest absolute Gasteiger partial charge is 0.351 e. The van der Waals surface area contributed by atoms with Gasteiger partial charge in [-0.05, 0) is 11.6 Å². The van der Waals surface area contributed by atoms with Crippen molar-refractivity contribution in [3.63, 3.8) is 0 Å². The highest BCUT2D eigenvalue weighted by Crippen LogP contribution is 2.26. The molecule has 0 aromatic heterocycles. The monoisotopic (exact) mass is 379 g/mol. The molecule has 6 N–H and O–H groups in total. The van der Waals surface area contributed by atoms with E-state index in [1.54, 1.807) is 24.3 Å². The second-order valence-corrected chi connectivity index (χ2v) is 6.31. The summed E-state index contributed by atoms with van der Waals surface area (Å²) in [5, 5.41) is 31.2. The SMILES string of the molecule is NC1(C(=O)OCc2ccccc2)C=CN([C@@H]2O[C@H](CO)[C@@H](O)[C@H]2O)C(=O)N1. The van der Waals surface area contributed by atoms with Crippen LogP contribution in [0, 0.1) is 0 Å². The average Bonchev–Trinajstić information content (AvgIpc) is 2.95. The predicted octanol–water partition coefficient (Wildman–Crippen LogP) is -1.64. The van der Waals surface area contributed by atoms with Crippen LogP contribution in [0.3, 0.4) is 0 Å². The summed E-state index contributed by atoms with van der Waals surface area (Å²) in [7, 11) is 0. The average molecular weight is 379 g/mol. The number of urea groups is 1. The van der Waals surface area contributed by atoms with Gasteiger partial charge < -0.3 is 30.1 Å². The highest BCUT2D eigenvalue weighted by molar-refractivity contribution is 5.90. The van der Waals surface area contributed by atoms with Crippen LogP contribution in [0.15, 0.2) is 42.6 Å². The van der Waals surface area contributed by atoms with E-state index in [-0.39, 0.29) is 6.61 Å². The number of nitrogens with two attached hydrogens (primary N) is 1. The van der Waals surface area contributed by atoms with Crippen molar-refractivity contribution in [1.29, 1.82) is 0 Å². The number of benzene rings is 1. The Morgan fingerprint density at radius 1 is 1.30 bits per heavy atom. The highest BCUT2D eigenvalue weighted by Gasteiger charge is 2.49. The van der Waals surface area contributed by atoms with Crippen LogP contribution in [0.25, 0.3) is 0 Å². The molecule has 1 aromatic rings. The minimum absolute atomic E-state index is 0.0130. The molecule has 2 heterocycles. The normalized spacial score (nSPS) is 33.0. The Bertz CT molecular complexity index is 728. The van der Waals surface area contributed by atoms with Crippen molar-refractivity contribution in [2.75, 3.05) is 6.61 Å². The number of ether oxygens (including phenoxy) is 2. The van der Waals surface area contributed by atoms with Crippen LogP contribution in [-0.4, -0.2) is 69.0 Å². The molecule has 0 spiro atoms. The molecule has 2 aliphatic rings. The lowest BCUT2D eigenvalue weighted by Crippen LogP contribution is -2.66. The molecule has 5 atom stereocenters. The summed E-state index contributed by atoms with van der Waals surface area (Å²) in [6.07, 6.45) is -2.71. The number of esters is 1. The number of nitrogens with one attached hydrogen (secondary N) is 1. The molecule has 0 bridgehead atoms. The van der Waals surface area contributed by atoms with Gasteiger partial charge in [-0.3, -0.25) is 10.6 Å². The lowest BCUT2D eigenvalue weighted by molar-refractivity contribution is -0.151. The topological polar surface area (TPSA) is 155 Å². The quantitative estimate of drug-likeness (QED) is 0.382. The minimum atomic E-state index is -1.89. The summed E-state index contributed by atoms with van der Waals surface area (Å²) < 4.78 is 10.4. The van der Waals surface area contributed by atoms with Gasteiger partial charge in [-0.2, -0.15) is 0 Å². The van der Waals surface area contributed by atoms with Crippen LogP contribution in [0.4, 0.5) is 4.79 Å². The number of carbonyl (C=O) groups excluding carboxylic acids is 2. The lowest BCUT2D eigenvalue weighted by atomic mass is 10.1. The molecule has 2 aliphatic heterocycles. The van der Waals surface area contributed by atoms with Crippen molar-refractivity contribution in [3.05, 3.63) is 48.2 Å². The van der Waals surface area contributed by atoms with E-state index in [4.69, 9.17) is 20.3 Å². The van der Waals surface area contributed by atoms with Gasteiger partial charge in [0.05, 0.1) is 6.61 Å². The fourth-order valence-corrected chi connectivity index (χ4v) is 2.82. The fourth-order valence-electron chi connectivity index (χ4n) is 2.82. The highest BCUT2D eigenvalue weighted by atomic mass is 16.6. The number of nitrogens with zero attached hydrogens (tertiary/aromatic N) is 1. The number of aliphatic hydroxyl groups is 3. The summed E-state index contributed by atoms with van der Waals surface area (Å²) in [4.78, 5) is 25.6. The first-order chi connectivity index (χ1) is 12.9. The molecule has 0 aliphatic carbocycles. The molecule has 0 radical (unpaired) electrons. The van der Waals surface area contributed by atoms with E-state index in [9.17, 15) is 19.8 Å². The first kappa shape index (κ1) is 19.3. The third-order valence-electron chi connectivity index (χ3n) is 4.39. The van der Waals surface area contributed by atoms with Gasteiger partial charge in [-0.25, -0.2) is 9.59 Å². The van der Waals surface area contributed by atoms with Crippen molar-refractivity contribution in [1.82, 2.24) is 10.2 Å². The predicted molar refractivity (Wildman–Crippen MR) is 90.4 cm³/mol. The first-order valence-electron chi connectivity index (χ1n) is 8.28. The zero-order valence-corrected chi connectivity index (χ0v) is 14.3. The molecule has 146 valence electrons. The van der Waals surface area contributed by atoms with E-state index in [1.165, 1.54) is 12.3 Å². The van der Waals surface area contributed by atoms with Gasteiger partial charge in [0.15, 0.2) is 6.23 Å². The van der Waals surface area contributed by atoms with E-state index in [1.807, 2.05) is 6.07 Å². The van der Waals surface area contributed by atoms with E-state index >= 15 is 0 Å². The Balaban J connectivity index is 1.67. The molecule has 1 aromatic carbocycles. The van der Waals surface area contributed by atoms with Gasteiger partial charge in [0.25, 0.3) is 0 Å². The summed E-state index contributed by atoms with van der Waals surface area (Å²) in [6, 6.07) is 8.13. The molecule has 0 saturated carbocycles. The zero-order chi connectivity index (χ0) is 19.6. The van der Waals surface area contributed by atoms with Crippen LogP contribution in [0.5, 0.6) is 0 Å². The molecule has 10 heteroatoms. The van der Waals surface area contributed by atoms with Crippen molar-refractivity contribution >= 4 is 12.0 Å². The molecule has 10 nitrogen and oxygen atoms in total. The molecule has 1 unspecified atom stereocenters. The van der Waals surface area contributed by atoms with Gasteiger partial charge >= 0.3 is 12.0 Å². The lowest BCUT2D eigenvalue weighted by Gasteiger charge is -2.36. The molecular weight excluding hydrogens is 358 g/mol. The Morgan fingerprint density at radius 3 is 2.59 bits per heavy atom. The molecule has 3 rings (SSSR count). The molecule has 27 heavy (non-hydrogen) atoms. The fraction of sp³-hybridized carbons (Fsp3) is 0.412. The Labute approximate surface area is 154 Å². The van der Waals surface area contributed by atoms with Gasteiger partial charge in [-0.15, -0.1) is 0 Å². The molecule has 2 amide bonds. The molecular formula is C17H21N3O7. The van der Waals surface area contributed by atoms with Gasteiger partial charge in [0.1, 0.15) is 24.9 Å². The number of hydrogen-bond donors (Lipinski definition) is 5. The van der Waals surface area contributed by atoms with Crippen molar-refractivity contribution in [2.24, 2.45) is 5.73 Å². The zero-order valence-electron chi connectivity index (χ0n) is 14.3. The van der Waals surface area contributed by atoms with E-state index < -0.39 is 48.8 Å². The second-order valence-electron chi connectivity index (χ2n) is 6.31. The summed E-state index contributed by atoms with van der Waals surface area (Å²) >= 11 is 0. The standard InChI is InChI=1S/C17H21N3O7/c18-17(15(24)26-9-10-4-2-1-3-5-10)6-7-20(16(25)19-17)14-13(23)12(22)11(8-21)27-14/h1-7,11-14,21-23H,8-9,18H2,(H,19,25)/t11-,12-,13-,14-,17?/m1/s1. The largest absolute Gasteiger partial charge is 0.458 e. The van der Waals surface area contributed by atoms with E-state index in [0.717, 1.165) is 10.5 Å². The number of carbonyl (C=O) groups is 2. The maximum Gasteiger partial charge on any atom is 0.351 e. The van der Waals surface area contributed by atoms with Gasteiger partial charge in [0, 0.05) is 6.20 Å². The molecule has 1 saturated heterocycles. The number of hydrogen-bond acceptors (Lipinski definition) is 8. The summed E-state index contributed by atoms with van der Waals surface area (Å²) in [5.41, 5.74) is 4.79. The van der Waals surface area contributed by atoms with Crippen molar-refractivity contribution < 1.29 is 34.4 Å². The number of amides is 2. The summed E-state index contributed by atoms with van der Waals surface area (Å²) in [6.45, 7) is -0.540. The maximum absolute atomic E-state index is 12.4. The Morgan fingerprint density at radius 2 is 2.00 bits per heavy atom. The van der Waals surface area contributed by atoms with Crippen LogP contribution < -0.4 is 11.1 Å². The number of rotatable bonds is 5. The third kappa shape index (κ3) is 3.80. The van der Waals surface area contributed by atoms with Crippen LogP contribution in [-0.2, 0) is 20.9 Å². The van der Waals surface area contributed by atoms with Crippen LogP contribution in [0.2, 0.25) is 0 Å². The van der Waals surface area contributed by atoms with E-state index in [2.05, 4.69) is 5.32 Å². The Hall–Kier alpha value is -2.50. The van der Waals surface area contributed by atoms with E-state index in [0.29, 0.717) is 0 Å². The molecule has 1 fully saturated rings. The van der Waals surface area contributed by atoms with Gasteiger partial charge in [0.2, 0.25) is 5.66 Å². The first-order valence-corrected chi connectivity index (χ1v) is 8.28. The van der Waals surface area contributed by atoms with Crippen molar-refractivity contribution in [2.45, 2.75) is 36.8 Å². The maximum atomic E-state index is 12.4. The van der Waals surface area contributed by atoms with Crippen LogP contribution >= 0.6 is 0 Å². The second kappa shape index (κ2) is 7.62. The summed E-state index contributed by atoms with van der Waals surface area (Å²) in [5.74, 6) is -0.864. The number of aliphatic hydroxyl groups excluding tert-OH is 3. The Kier molecular flexibility index (Phi) is 5.44. The van der Waals surface area contributed by atoms with Crippen molar-refractivity contribution in [3.8, 4) is 0 Å². The van der Waals surface area contributed by atoms with Crippen LogP contribution in [0.1, 0.15) is 5.56 Å². The third-order valence-corrected chi connectivity index (χ3v) is 4.39. The minimum Gasteiger partial charge on any atom is -0.458 e.